The van der Waals surface area contributed by atoms with Crippen LogP contribution in [-0.4, -0.2) is 0 Å². The zero-order valence-corrected chi connectivity index (χ0v) is 6.72. The lowest BCUT2D eigenvalue weighted by atomic mass is 10.1. The fourth-order valence-corrected chi connectivity index (χ4v) is 1.80. The molecule has 0 aliphatic heterocycles. The molecular formula is C11H6F2. The van der Waals surface area contributed by atoms with Gasteiger partial charge in [-0.25, -0.2) is 0 Å². The molecular weight excluding hydrogens is 170 g/mol. The van der Waals surface area contributed by atoms with E-state index in [-0.39, 0.29) is 11.1 Å². The van der Waals surface area contributed by atoms with Crippen molar-refractivity contribution in [2.75, 3.05) is 0 Å². The number of hydrogen-bond acceptors (Lipinski definition) is 0. The van der Waals surface area contributed by atoms with Gasteiger partial charge in [-0.15, -0.1) is 0 Å². The minimum Gasteiger partial charge on any atom is -0.196 e. The first kappa shape index (κ1) is 7.01. The SMILES string of the molecule is FC1(F)c2ccc3ccccc3c21. The molecule has 0 atom stereocenters. The maximum atomic E-state index is 13.1. The lowest BCUT2D eigenvalue weighted by molar-refractivity contribution is 0.0998. The quantitative estimate of drug-likeness (QED) is 0.577. The van der Waals surface area contributed by atoms with Gasteiger partial charge in [0.1, 0.15) is 0 Å². The topological polar surface area (TPSA) is 0 Å². The highest BCUT2D eigenvalue weighted by Crippen LogP contribution is 2.55. The predicted molar refractivity (Wildman–Crippen MR) is 46.9 cm³/mol. The molecule has 0 spiro atoms. The van der Waals surface area contributed by atoms with E-state index in [1.807, 2.05) is 12.1 Å². The van der Waals surface area contributed by atoms with Crippen LogP contribution in [0.15, 0.2) is 36.4 Å². The van der Waals surface area contributed by atoms with Crippen molar-refractivity contribution in [1.29, 1.82) is 0 Å². The van der Waals surface area contributed by atoms with Crippen LogP contribution in [0.5, 0.6) is 0 Å². The lowest BCUT2D eigenvalue weighted by Gasteiger charge is -1.92. The smallest absolute Gasteiger partial charge is 0.196 e. The number of benzene rings is 2. The molecule has 0 bridgehead atoms. The first-order valence-corrected chi connectivity index (χ1v) is 4.12. The summed E-state index contributed by atoms with van der Waals surface area (Å²) < 4.78 is 26.1. The van der Waals surface area contributed by atoms with Crippen LogP contribution < -0.4 is 0 Å². The molecule has 0 saturated heterocycles. The average Bonchev–Trinajstić information content (AvgIpc) is 2.70. The second-order valence-corrected chi connectivity index (χ2v) is 3.28. The van der Waals surface area contributed by atoms with Crippen LogP contribution in [0.2, 0.25) is 0 Å². The van der Waals surface area contributed by atoms with Crippen LogP contribution in [0.3, 0.4) is 0 Å². The molecule has 0 N–H and O–H groups in total. The van der Waals surface area contributed by atoms with Crippen molar-refractivity contribution in [3.05, 3.63) is 47.5 Å². The molecule has 0 amide bonds. The van der Waals surface area contributed by atoms with E-state index in [9.17, 15) is 8.78 Å². The first-order chi connectivity index (χ1) is 6.21. The highest BCUT2D eigenvalue weighted by molar-refractivity contribution is 5.92. The molecule has 0 fully saturated rings. The van der Waals surface area contributed by atoms with Gasteiger partial charge in [0.25, 0.3) is 5.92 Å². The number of alkyl halides is 2. The van der Waals surface area contributed by atoms with Gasteiger partial charge >= 0.3 is 0 Å². The number of rotatable bonds is 0. The summed E-state index contributed by atoms with van der Waals surface area (Å²) in [4.78, 5) is 0. The summed E-state index contributed by atoms with van der Waals surface area (Å²) in [5.41, 5.74) is 0.400. The van der Waals surface area contributed by atoms with E-state index in [2.05, 4.69) is 0 Å². The Balaban J connectivity index is 2.44. The Morgan fingerprint density at radius 3 is 2.54 bits per heavy atom. The van der Waals surface area contributed by atoms with Crippen molar-refractivity contribution in [3.8, 4) is 0 Å². The number of fused-ring (bicyclic) bond motifs is 3. The summed E-state index contributed by atoms with van der Waals surface area (Å²) >= 11 is 0. The molecule has 1 aliphatic rings. The van der Waals surface area contributed by atoms with Crippen LogP contribution in [0, 0.1) is 0 Å². The van der Waals surface area contributed by atoms with Crippen LogP contribution >= 0.6 is 0 Å². The van der Waals surface area contributed by atoms with Crippen LogP contribution in [0.4, 0.5) is 8.78 Å². The Morgan fingerprint density at radius 2 is 1.69 bits per heavy atom. The first-order valence-electron chi connectivity index (χ1n) is 4.12. The van der Waals surface area contributed by atoms with Gasteiger partial charge in [-0.05, 0) is 10.8 Å². The number of hydrogen-bond donors (Lipinski definition) is 0. The van der Waals surface area contributed by atoms with E-state index in [1.165, 1.54) is 6.07 Å². The fourth-order valence-electron chi connectivity index (χ4n) is 1.80. The van der Waals surface area contributed by atoms with Crippen molar-refractivity contribution >= 4 is 10.8 Å². The zero-order chi connectivity index (χ0) is 9.05. The van der Waals surface area contributed by atoms with Crippen LogP contribution in [0.1, 0.15) is 11.1 Å². The summed E-state index contributed by atoms with van der Waals surface area (Å²) in [6.07, 6.45) is 0. The third-order valence-corrected chi connectivity index (χ3v) is 2.52. The molecule has 64 valence electrons. The second kappa shape index (κ2) is 1.90. The average molecular weight is 176 g/mol. The normalized spacial score (nSPS) is 17.1. The van der Waals surface area contributed by atoms with Crippen LogP contribution in [0.25, 0.3) is 10.8 Å². The molecule has 0 radical (unpaired) electrons. The van der Waals surface area contributed by atoms with Crippen LogP contribution in [-0.2, 0) is 5.92 Å². The Kier molecular flexibility index (Phi) is 1.02. The van der Waals surface area contributed by atoms with E-state index < -0.39 is 5.92 Å². The third kappa shape index (κ3) is 0.730. The molecule has 2 heteroatoms. The van der Waals surface area contributed by atoms with Gasteiger partial charge in [-0.2, -0.15) is 8.78 Å². The molecule has 3 rings (SSSR count). The summed E-state index contributed by atoms with van der Waals surface area (Å²) in [5.74, 6) is -2.66. The molecule has 0 nitrogen and oxygen atoms in total. The highest BCUT2D eigenvalue weighted by atomic mass is 19.3. The van der Waals surface area contributed by atoms with Gasteiger partial charge < -0.3 is 0 Å². The summed E-state index contributed by atoms with van der Waals surface area (Å²) in [7, 11) is 0. The third-order valence-electron chi connectivity index (χ3n) is 2.52. The minimum atomic E-state index is -2.66. The van der Waals surface area contributed by atoms with E-state index >= 15 is 0 Å². The number of halogens is 2. The summed E-state index contributed by atoms with van der Waals surface area (Å²) in [5, 5.41) is 1.57. The van der Waals surface area contributed by atoms with E-state index in [1.54, 1.807) is 18.2 Å². The Labute approximate surface area is 73.8 Å². The Hall–Kier alpha value is -1.44. The monoisotopic (exact) mass is 176 g/mol. The Morgan fingerprint density at radius 1 is 0.923 bits per heavy atom. The van der Waals surface area contributed by atoms with E-state index in [4.69, 9.17) is 0 Å². The van der Waals surface area contributed by atoms with Gasteiger partial charge in [-0.1, -0.05) is 36.4 Å². The van der Waals surface area contributed by atoms with Crippen molar-refractivity contribution < 1.29 is 8.78 Å². The van der Waals surface area contributed by atoms with E-state index in [0.29, 0.717) is 5.39 Å². The van der Waals surface area contributed by atoms with Gasteiger partial charge in [0.05, 0.1) is 0 Å². The largest absolute Gasteiger partial charge is 0.300 e. The highest BCUT2D eigenvalue weighted by Gasteiger charge is 2.53. The predicted octanol–water partition coefficient (Wildman–Crippen LogP) is 3.29. The molecule has 0 aromatic heterocycles. The standard InChI is InChI=1S/C11H6F2/c12-11(13)9-6-5-7-3-1-2-4-8(7)10(9)11/h1-6H. The summed E-state index contributed by atoms with van der Waals surface area (Å²) in [6.45, 7) is 0. The van der Waals surface area contributed by atoms with E-state index in [0.717, 1.165) is 5.39 Å². The maximum absolute atomic E-state index is 13.1. The van der Waals surface area contributed by atoms with Crippen molar-refractivity contribution in [1.82, 2.24) is 0 Å². The van der Waals surface area contributed by atoms with Gasteiger partial charge in [-0.3, -0.25) is 0 Å². The second-order valence-electron chi connectivity index (χ2n) is 3.28. The summed E-state index contributed by atoms with van der Waals surface area (Å²) in [6, 6.07) is 10.5. The minimum absolute atomic E-state index is 0.186. The molecule has 1 aliphatic carbocycles. The molecule has 0 heterocycles. The van der Waals surface area contributed by atoms with Crippen molar-refractivity contribution in [2.45, 2.75) is 5.92 Å². The van der Waals surface area contributed by atoms with Gasteiger partial charge in [0.15, 0.2) is 0 Å². The molecule has 13 heavy (non-hydrogen) atoms. The molecule has 2 aromatic carbocycles. The van der Waals surface area contributed by atoms with Crippen molar-refractivity contribution in [3.63, 3.8) is 0 Å². The van der Waals surface area contributed by atoms with Gasteiger partial charge in [0, 0.05) is 11.1 Å². The maximum Gasteiger partial charge on any atom is 0.300 e. The van der Waals surface area contributed by atoms with Gasteiger partial charge in [0.2, 0.25) is 0 Å². The fraction of sp³-hybridized carbons (Fsp3) is 0.0909. The zero-order valence-electron chi connectivity index (χ0n) is 6.72. The van der Waals surface area contributed by atoms with Crippen molar-refractivity contribution in [2.24, 2.45) is 0 Å². The molecule has 0 saturated carbocycles. The molecule has 0 unspecified atom stereocenters. The Bertz CT molecular complexity index is 500. The molecule has 2 aromatic rings. The lowest BCUT2D eigenvalue weighted by Crippen LogP contribution is -1.83.